The van der Waals surface area contributed by atoms with Crippen LogP contribution in [-0.2, 0) is 6.42 Å². The lowest BCUT2D eigenvalue weighted by atomic mass is 10.0. The Hall–Kier alpha value is -1.36. The number of hydrogen-bond donors (Lipinski definition) is 0. The van der Waals surface area contributed by atoms with Gasteiger partial charge < -0.3 is 0 Å². The van der Waals surface area contributed by atoms with Crippen molar-refractivity contribution in [3.63, 3.8) is 0 Å². The summed E-state index contributed by atoms with van der Waals surface area (Å²) in [6.45, 7) is 1.29. The quantitative estimate of drug-likeness (QED) is 0.657. The number of rotatable bonds is 2. The summed E-state index contributed by atoms with van der Waals surface area (Å²) in [5.74, 6) is 0. The van der Waals surface area contributed by atoms with Crippen LogP contribution in [0.15, 0.2) is 30.3 Å². The van der Waals surface area contributed by atoms with Crippen LogP contribution < -0.4 is 0 Å². The molecule has 2 heteroatoms. The molecule has 1 rings (SSSR count). The third-order valence-electron chi connectivity index (χ3n) is 1.61. The Morgan fingerprint density at radius 3 is 2.50 bits per heavy atom. The molecule has 0 bridgehead atoms. The van der Waals surface area contributed by atoms with Gasteiger partial charge in [-0.1, -0.05) is 30.3 Å². The second-order valence-electron chi connectivity index (χ2n) is 2.97. The Balaban J connectivity index is 2.72. The van der Waals surface area contributed by atoms with Crippen LogP contribution in [0.4, 0.5) is 4.39 Å². The van der Waals surface area contributed by atoms with Crippen molar-refractivity contribution >= 4 is 0 Å². The van der Waals surface area contributed by atoms with Crippen LogP contribution >= 0.6 is 0 Å². The molecule has 0 amide bonds. The molecule has 0 aliphatic heterocycles. The summed E-state index contributed by atoms with van der Waals surface area (Å²) < 4.78 is 13.1. The van der Waals surface area contributed by atoms with Gasteiger partial charge in [0.05, 0.1) is 0 Å². The highest BCUT2D eigenvalue weighted by molar-refractivity contribution is 5.19. The van der Waals surface area contributed by atoms with Crippen molar-refractivity contribution in [3.05, 3.63) is 35.9 Å². The molecule has 0 aliphatic carbocycles. The van der Waals surface area contributed by atoms with Crippen molar-refractivity contribution in [2.75, 3.05) is 0 Å². The predicted octanol–water partition coefficient (Wildman–Crippen LogP) is 2.48. The second kappa shape index (κ2) is 3.36. The molecule has 62 valence electrons. The molecule has 0 saturated heterocycles. The lowest BCUT2D eigenvalue weighted by molar-refractivity contribution is 0.267. The average molecular weight is 163 g/mol. The van der Waals surface area contributed by atoms with Gasteiger partial charge in [-0.15, -0.1) is 0 Å². The van der Waals surface area contributed by atoms with E-state index in [2.05, 4.69) is 0 Å². The largest absolute Gasteiger partial charge is 0.227 e. The molecular formula is C10H10FN. The molecule has 1 aromatic rings. The first-order chi connectivity index (χ1) is 5.64. The summed E-state index contributed by atoms with van der Waals surface area (Å²) >= 11 is 0. The summed E-state index contributed by atoms with van der Waals surface area (Å²) in [6, 6.07) is 10.8. The highest BCUT2D eigenvalue weighted by Crippen LogP contribution is 2.15. The lowest BCUT2D eigenvalue weighted by Gasteiger charge is -2.09. The van der Waals surface area contributed by atoms with Crippen LogP contribution in [0, 0.1) is 11.3 Å². The standard InChI is InChI=1S/C10H10FN/c1-10(11,8-12)7-9-5-3-2-4-6-9/h2-6H,7H2,1H3. The third kappa shape index (κ3) is 2.35. The van der Waals surface area contributed by atoms with Crippen molar-refractivity contribution in [2.24, 2.45) is 0 Å². The zero-order valence-electron chi connectivity index (χ0n) is 6.92. The molecule has 1 unspecified atom stereocenters. The van der Waals surface area contributed by atoms with Crippen molar-refractivity contribution in [1.82, 2.24) is 0 Å². The van der Waals surface area contributed by atoms with Crippen LogP contribution in [0.2, 0.25) is 0 Å². The fraction of sp³-hybridized carbons (Fsp3) is 0.300. The maximum Gasteiger partial charge on any atom is 0.197 e. The Morgan fingerprint density at radius 2 is 2.00 bits per heavy atom. The number of alkyl halides is 1. The molecule has 0 spiro atoms. The first kappa shape index (κ1) is 8.73. The van der Waals surface area contributed by atoms with Gasteiger partial charge in [0.25, 0.3) is 0 Å². The van der Waals surface area contributed by atoms with Crippen LogP contribution in [0.25, 0.3) is 0 Å². The van der Waals surface area contributed by atoms with Crippen molar-refractivity contribution < 1.29 is 4.39 Å². The predicted molar refractivity (Wildman–Crippen MR) is 45.3 cm³/mol. The number of nitriles is 1. The van der Waals surface area contributed by atoms with E-state index in [0.717, 1.165) is 5.56 Å². The second-order valence-corrected chi connectivity index (χ2v) is 2.97. The number of nitrogens with zero attached hydrogens (tertiary/aromatic N) is 1. The van der Waals surface area contributed by atoms with Crippen LogP contribution in [0.3, 0.4) is 0 Å². The lowest BCUT2D eigenvalue weighted by Crippen LogP contribution is -2.17. The van der Waals surface area contributed by atoms with Gasteiger partial charge in [0.2, 0.25) is 0 Å². The summed E-state index contributed by atoms with van der Waals surface area (Å²) in [5.41, 5.74) is -0.898. The maximum absolute atomic E-state index is 13.1. The number of benzene rings is 1. The molecule has 0 radical (unpaired) electrons. The minimum absolute atomic E-state index is 0.157. The molecule has 0 saturated carbocycles. The Morgan fingerprint density at radius 1 is 1.42 bits per heavy atom. The van der Waals surface area contributed by atoms with Crippen molar-refractivity contribution in [1.29, 1.82) is 5.26 Å². The molecule has 1 aromatic carbocycles. The van der Waals surface area contributed by atoms with Gasteiger partial charge in [0.1, 0.15) is 6.07 Å². The third-order valence-corrected chi connectivity index (χ3v) is 1.61. The average Bonchev–Trinajstić information content (AvgIpc) is 2.06. The molecular weight excluding hydrogens is 153 g/mol. The molecule has 0 N–H and O–H groups in total. The van der Waals surface area contributed by atoms with Crippen LogP contribution in [0.1, 0.15) is 12.5 Å². The van der Waals surface area contributed by atoms with E-state index in [4.69, 9.17) is 5.26 Å². The first-order valence-electron chi connectivity index (χ1n) is 3.78. The van der Waals surface area contributed by atoms with Gasteiger partial charge in [-0.3, -0.25) is 0 Å². The van der Waals surface area contributed by atoms with E-state index in [1.807, 2.05) is 30.3 Å². The van der Waals surface area contributed by atoms with Crippen LogP contribution in [0.5, 0.6) is 0 Å². The molecule has 0 fully saturated rings. The monoisotopic (exact) mass is 163 g/mol. The maximum atomic E-state index is 13.1. The Kier molecular flexibility index (Phi) is 2.44. The Bertz CT molecular complexity index is 284. The molecule has 1 nitrogen and oxygen atoms in total. The van der Waals surface area contributed by atoms with Crippen molar-refractivity contribution in [2.45, 2.75) is 19.0 Å². The molecule has 0 aliphatic rings. The minimum atomic E-state index is -1.75. The fourth-order valence-corrected chi connectivity index (χ4v) is 1.02. The minimum Gasteiger partial charge on any atom is -0.227 e. The van der Waals surface area contributed by atoms with Gasteiger partial charge in [-0.25, -0.2) is 4.39 Å². The molecule has 0 heterocycles. The zero-order valence-corrected chi connectivity index (χ0v) is 6.92. The zero-order chi connectivity index (χ0) is 9.03. The summed E-state index contributed by atoms with van der Waals surface area (Å²) in [6.07, 6.45) is 0.157. The van der Waals surface area contributed by atoms with E-state index in [9.17, 15) is 4.39 Å². The van der Waals surface area contributed by atoms with Gasteiger partial charge in [-0.2, -0.15) is 5.26 Å². The number of hydrogen-bond acceptors (Lipinski definition) is 1. The van der Waals surface area contributed by atoms with E-state index in [1.54, 1.807) is 6.07 Å². The highest BCUT2D eigenvalue weighted by atomic mass is 19.1. The number of halogens is 1. The van der Waals surface area contributed by atoms with E-state index in [-0.39, 0.29) is 6.42 Å². The van der Waals surface area contributed by atoms with E-state index in [1.165, 1.54) is 6.92 Å². The van der Waals surface area contributed by atoms with E-state index < -0.39 is 5.67 Å². The summed E-state index contributed by atoms with van der Waals surface area (Å²) in [4.78, 5) is 0. The highest BCUT2D eigenvalue weighted by Gasteiger charge is 2.22. The summed E-state index contributed by atoms with van der Waals surface area (Å²) in [7, 11) is 0. The normalized spacial score (nSPS) is 14.8. The van der Waals surface area contributed by atoms with Crippen LogP contribution in [-0.4, -0.2) is 5.67 Å². The molecule has 1 atom stereocenters. The fourth-order valence-electron chi connectivity index (χ4n) is 1.02. The van der Waals surface area contributed by atoms with Gasteiger partial charge in [0.15, 0.2) is 5.67 Å². The summed E-state index contributed by atoms with van der Waals surface area (Å²) in [5, 5.41) is 8.43. The van der Waals surface area contributed by atoms with Gasteiger partial charge >= 0.3 is 0 Å². The topological polar surface area (TPSA) is 23.8 Å². The van der Waals surface area contributed by atoms with Crippen molar-refractivity contribution in [3.8, 4) is 6.07 Å². The first-order valence-corrected chi connectivity index (χ1v) is 3.78. The SMILES string of the molecule is CC(F)(C#N)Cc1ccccc1. The Labute approximate surface area is 71.4 Å². The molecule has 12 heavy (non-hydrogen) atoms. The van der Waals surface area contributed by atoms with E-state index >= 15 is 0 Å². The van der Waals surface area contributed by atoms with Gasteiger partial charge in [0, 0.05) is 6.42 Å². The van der Waals surface area contributed by atoms with Gasteiger partial charge in [-0.05, 0) is 12.5 Å². The van der Waals surface area contributed by atoms with E-state index in [0.29, 0.717) is 0 Å². The smallest absolute Gasteiger partial charge is 0.197 e. The molecule has 0 aromatic heterocycles.